The van der Waals surface area contributed by atoms with Crippen LogP contribution in [0.2, 0.25) is 0 Å². The molecule has 0 unspecified atom stereocenters. The standard InChI is InChI=1S/C16H23FN2O3S/c1-12(2)15(16(20)19-9-3-4-10-19)18-23(21,22)11-13-5-7-14(17)8-6-13/h5-8,12,15,18H,3-4,9-11H2,1-2H3/t15-/m0/s1. The Kier molecular flexibility index (Phi) is 5.75. The van der Waals surface area contributed by atoms with Gasteiger partial charge in [-0.05, 0) is 36.5 Å². The second kappa shape index (κ2) is 7.40. The van der Waals surface area contributed by atoms with E-state index >= 15 is 0 Å². The van der Waals surface area contributed by atoms with Gasteiger partial charge in [0.15, 0.2) is 0 Å². The van der Waals surface area contributed by atoms with Crippen LogP contribution in [0.15, 0.2) is 24.3 Å². The summed E-state index contributed by atoms with van der Waals surface area (Å²) < 4.78 is 40.1. The Balaban J connectivity index is 2.08. The molecule has 1 heterocycles. The van der Waals surface area contributed by atoms with Crippen LogP contribution in [0.3, 0.4) is 0 Å². The summed E-state index contributed by atoms with van der Waals surface area (Å²) in [7, 11) is -3.69. The molecule has 0 bridgehead atoms. The molecule has 23 heavy (non-hydrogen) atoms. The molecule has 1 aliphatic rings. The lowest BCUT2D eigenvalue weighted by atomic mass is 10.0. The number of carbonyl (C=O) groups is 1. The smallest absolute Gasteiger partial charge is 0.241 e. The SMILES string of the molecule is CC(C)[C@H](NS(=O)(=O)Cc1ccc(F)cc1)C(=O)N1CCCC1. The van der Waals surface area contributed by atoms with E-state index in [-0.39, 0.29) is 17.6 Å². The van der Waals surface area contributed by atoms with Crippen molar-refractivity contribution >= 4 is 15.9 Å². The number of nitrogens with zero attached hydrogens (tertiary/aromatic N) is 1. The molecule has 0 aromatic heterocycles. The molecule has 0 aliphatic carbocycles. The van der Waals surface area contributed by atoms with E-state index in [0.717, 1.165) is 12.8 Å². The van der Waals surface area contributed by atoms with Gasteiger partial charge >= 0.3 is 0 Å². The second-order valence-corrected chi connectivity index (χ2v) is 8.01. The first-order chi connectivity index (χ1) is 10.8. The maximum absolute atomic E-state index is 12.9. The lowest BCUT2D eigenvalue weighted by molar-refractivity contribution is -0.132. The quantitative estimate of drug-likeness (QED) is 0.858. The normalized spacial score (nSPS) is 16.8. The molecule has 128 valence electrons. The van der Waals surface area contributed by atoms with Crippen molar-refractivity contribution in [2.75, 3.05) is 13.1 Å². The number of halogens is 1. The van der Waals surface area contributed by atoms with Gasteiger partial charge in [0.05, 0.1) is 5.75 Å². The lowest BCUT2D eigenvalue weighted by Gasteiger charge is -2.26. The van der Waals surface area contributed by atoms with Crippen LogP contribution in [0.4, 0.5) is 4.39 Å². The van der Waals surface area contributed by atoms with E-state index in [4.69, 9.17) is 0 Å². The van der Waals surface area contributed by atoms with Gasteiger partial charge in [0.25, 0.3) is 0 Å². The van der Waals surface area contributed by atoms with Crippen molar-refractivity contribution in [3.05, 3.63) is 35.6 Å². The zero-order valence-electron chi connectivity index (χ0n) is 13.5. The predicted molar refractivity (Wildman–Crippen MR) is 86.6 cm³/mol. The number of hydrogen-bond donors (Lipinski definition) is 1. The molecule has 1 saturated heterocycles. The maximum Gasteiger partial charge on any atom is 0.241 e. The van der Waals surface area contributed by atoms with Crippen LogP contribution in [0, 0.1) is 11.7 Å². The third kappa shape index (κ3) is 5.00. The van der Waals surface area contributed by atoms with Gasteiger partial charge < -0.3 is 4.90 Å². The fourth-order valence-corrected chi connectivity index (χ4v) is 4.12. The largest absolute Gasteiger partial charge is 0.341 e. The molecule has 1 atom stereocenters. The highest BCUT2D eigenvalue weighted by atomic mass is 32.2. The highest BCUT2D eigenvalue weighted by molar-refractivity contribution is 7.88. The van der Waals surface area contributed by atoms with Crippen LogP contribution in [0.1, 0.15) is 32.3 Å². The maximum atomic E-state index is 12.9. The molecule has 7 heteroatoms. The Hall–Kier alpha value is -1.47. The highest BCUT2D eigenvalue weighted by Crippen LogP contribution is 2.15. The van der Waals surface area contributed by atoms with Crippen LogP contribution in [-0.4, -0.2) is 38.4 Å². The van der Waals surface area contributed by atoms with Crippen molar-refractivity contribution < 1.29 is 17.6 Å². The summed E-state index contributed by atoms with van der Waals surface area (Å²) in [6.07, 6.45) is 1.91. The Morgan fingerprint density at radius 2 is 1.78 bits per heavy atom. The monoisotopic (exact) mass is 342 g/mol. The Morgan fingerprint density at radius 3 is 2.30 bits per heavy atom. The summed E-state index contributed by atoms with van der Waals surface area (Å²) in [5.74, 6) is -1.00. The van der Waals surface area contributed by atoms with Crippen LogP contribution in [0.25, 0.3) is 0 Å². The molecule has 1 aliphatic heterocycles. The van der Waals surface area contributed by atoms with Gasteiger partial charge in [0.2, 0.25) is 15.9 Å². The molecule has 0 radical (unpaired) electrons. The van der Waals surface area contributed by atoms with Crippen molar-refractivity contribution in [3.8, 4) is 0 Å². The van der Waals surface area contributed by atoms with Gasteiger partial charge in [0.1, 0.15) is 11.9 Å². The summed E-state index contributed by atoms with van der Waals surface area (Å²) in [4.78, 5) is 14.2. The molecule has 2 rings (SSSR count). The first-order valence-corrected chi connectivity index (χ1v) is 9.47. The van der Waals surface area contributed by atoms with Crippen molar-refractivity contribution in [1.82, 2.24) is 9.62 Å². The van der Waals surface area contributed by atoms with E-state index in [1.807, 2.05) is 13.8 Å². The number of hydrogen-bond acceptors (Lipinski definition) is 3. The summed E-state index contributed by atoms with van der Waals surface area (Å²) in [5.41, 5.74) is 0.482. The second-order valence-electron chi connectivity index (χ2n) is 6.26. The minimum absolute atomic E-state index is 0.147. The Morgan fingerprint density at radius 1 is 1.22 bits per heavy atom. The van der Waals surface area contributed by atoms with Crippen molar-refractivity contribution in [2.45, 2.75) is 38.5 Å². The van der Waals surface area contributed by atoms with Crippen LogP contribution >= 0.6 is 0 Å². The molecule has 1 amide bonds. The minimum Gasteiger partial charge on any atom is -0.341 e. The summed E-state index contributed by atoms with van der Waals surface area (Å²) in [6, 6.07) is 4.54. The molecular weight excluding hydrogens is 319 g/mol. The first-order valence-electron chi connectivity index (χ1n) is 7.82. The lowest BCUT2D eigenvalue weighted by Crippen LogP contribution is -2.50. The van der Waals surface area contributed by atoms with Gasteiger partial charge in [-0.25, -0.2) is 17.5 Å². The molecule has 1 fully saturated rings. The number of likely N-dealkylation sites (tertiary alicyclic amines) is 1. The predicted octanol–water partition coefficient (Wildman–Crippen LogP) is 1.89. The summed E-state index contributed by atoms with van der Waals surface area (Å²) in [6.45, 7) is 5.00. The zero-order chi connectivity index (χ0) is 17.0. The van der Waals surface area contributed by atoms with E-state index in [1.165, 1.54) is 24.3 Å². The minimum atomic E-state index is -3.69. The topological polar surface area (TPSA) is 66.5 Å². The van der Waals surface area contributed by atoms with Crippen LogP contribution in [0.5, 0.6) is 0 Å². The van der Waals surface area contributed by atoms with E-state index in [0.29, 0.717) is 18.7 Å². The number of benzene rings is 1. The van der Waals surface area contributed by atoms with Gasteiger partial charge in [-0.1, -0.05) is 26.0 Å². The van der Waals surface area contributed by atoms with Crippen molar-refractivity contribution in [1.29, 1.82) is 0 Å². The Bertz CT molecular complexity index is 638. The third-order valence-corrected chi connectivity index (χ3v) is 5.25. The average Bonchev–Trinajstić information content (AvgIpc) is 3.00. The van der Waals surface area contributed by atoms with E-state index < -0.39 is 21.9 Å². The highest BCUT2D eigenvalue weighted by Gasteiger charge is 2.32. The number of sulfonamides is 1. The fourth-order valence-electron chi connectivity index (χ4n) is 2.64. The average molecular weight is 342 g/mol. The van der Waals surface area contributed by atoms with Crippen LogP contribution < -0.4 is 4.72 Å². The summed E-state index contributed by atoms with van der Waals surface area (Å²) >= 11 is 0. The van der Waals surface area contributed by atoms with Gasteiger partial charge in [-0.15, -0.1) is 0 Å². The molecule has 1 aromatic carbocycles. The number of nitrogens with one attached hydrogen (secondary N) is 1. The van der Waals surface area contributed by atoms with E-state index in [1.54, 1.807) is 4.90 Å². The number of amides is 1. The molecule has 1 N–H and O–H groups in total. The summed E-state index contributed by atoms with van der Waals surface area (Å²) in [5, 5.41) is 0. The first kappa shape index (κ1) is 17.9. The third-order valence-electron chi connectivity index (χ3n) is 3.93. The van der Waals surface area contributed by atoms with E-state index in [2.05, 4.69) is 4.72 Å². The fraction of sp³-hybridized carbons (Fsp3) is 0.562. The van der Waals surface area contributed by atoms with Gasteiger partial charge in [-0.3, -0.25) is 4.79 Å². The Labute approximate surface area is 136 Å². The molecule has 0 spiro atoms. The van der Waals surface area contributed by atoms with Crippen molar-refractivity contribution in [2.24, 2.45) is 5.92 Å². The van der Waals surface area contributed by atoms with Crippen molar-refractivity contribution in [3.63, 3.8) is 0 Å². The molecule has 5 nitrogen and oxygen atoms in total. The zero-order valence-corrected chi connectivity index (χ0v) is 14.3. The van der Waals surface area contributed by atoms with Gasteiger partial charge in [0, 0.05) is 13.1 Å². The number of carbonyl (C=O) groups excluding carboxylic acids is 1. The molecule has 1 aromatic rings. The molecule has 0 saturated carbocycles. The molecular formula is C16H23FN2O3S. The number of rotatable bonds is 6. The van der Waals surface area contributed by atoms with Gasteiger partial charge in [-0.2, -0.15) is 0 Å². The van der Waals surface area contributed by atoms with Crippen LogP contribution in [-0.2, 0) is 20.6 Å². The van der Waals surface area contributed by atoms with E-state index in [9.17, 15) is 17.6 Å².